The van der Waals surface area contributed by atoms with E-state index in [1.807, 2.05) is 32.2 Å². The third-order valence-electron chi connectivity index (χ3n) is 3.28. The lowest BCUT2D eigenvalue weighted by molar-refractivity contribution is 0.535. The van der Waals surface area contributed by atoms with E-state index >= 15 is 0 Å². The summed E-state index contributed by atoms with van der Waals surface area (Å²) in [7, 11) is 2.01. The first-order valence-electron chi connectivity index (χ1n) is 5.90. The van der Waals surface area contributed by atoms with Crippen LogP contribution < -0.4 is 5.73 Å². The SMILES string of the molecule is Cc1occc1-c1nc2cc(CN)ccc2n1C. The highest BCUT2D eigenvalue weighted by atomic mass is 16.3. The molecule has 0 spiro atoms. The number of rotatable bonds is 2. The molecular weight excluding hydrogens is 226 g/mol. The van der Waals surface area contributed by atoms with Crippen LogP contribution in [0.1, 0.15) is 11.3 Å². The Morgan fingerprint density at radius 3 is 2.83 bits per heavy atom. The second-order valence-electron chi connectivity index (χ2n) is 4.41. The summed E-state index contributed by atoms with van der Waals surface area (Å²) in [5.41, 5.74) is 9.85. The maximum Gasteiger partial charge on any atom is 0.144 e. The molecule has 0 aliphatic carbocycles. The summed E-state index contributed by atoms with van der Waals surface area (Å²) < 4.78 is 7.42. The van der Waals surface area contributed by atoms with E-state index in [1.54, 1.807) is 6.26 Å². The fourth-order valence-corrected chi connectivity index (χ4v) is 2.23. The molecule has 0 aliphatic heterocycles. The molecule has 0 unspecified atom stereocenters. The van der Waals surface area contributed by atoms with Crippen LogP contribution in [0.15, 0.2) is 34.9 Å². The Labute approximate surface area is 105 Å². The van der Waals surface area contributed by atoms with Crippen molar-refractivity contribution < 1.29 is 4.42 Å². The number of hydrogen-bond acceptors (Lipinski definition) is 3. The summed E-state index contributed by atoms with van der Waals surface area (Å²) >= 11 is 0. The molecule has 92 valence electrons. The normalized spacial score (nSPS) is 11.3. The van der Waals surface area contributed by atoms with E-state index in [1.165, 1.54) is 0 Å². The van der Waals surface area contributed by atoms with Gasteiger partial charge in [0, 0.05) is 13.6 Å². The van der Waals surface area contributed by atoms with Gasteiger partial charge in [-0.1, -0.05) is 6.07 Å². The number of aryl methyl sites for hydroxylation is 2. The van der Waals surface area contributed by atoms with Crippen LogP contribution in [0.4, 0.5) is 0 Å². The first-order valence-corrected chi connectivity index (χ1v) is 5.90. The fourth-order valence-electron chi connectivity index (χ4n) is 2.23. The zero-order valence-electron chi connectivity index (χ0n) is 10.5. The van der Waals surface area contributed by atoms with Crippen molar-refractivity contribution in [1.29, 1.82) is 0 Å². The second kappa shape index (κ2) is 3.99. The van der Waals surface area contributed by atoms with Crippen molar-refractivity contribution in [2.45, 2.75) is 13.5 Å². The van der Waals surface area contributed by atoms with Gasteiger partial charge in [-0.3, -0.25) is 0 Å². The first kappa shape index (κ1) is 11.0. The molecule has 3 rings (SSSR count). The molecule has 0 aliphatic rings. The van der Waals surface area contributed by atoms with Crippen LogP contribution in [0, 0.1) is 6.92 Å². The molecular formula is C14H15N3O. The number of furan rings is 1. The third kappa shape index (κ3) is 1.54. The predicted octanol–water partition coefficient (Wildman–Crippen LogP) is 2.60. The van der Waals surface area contributed by atoms with Gasteiger partial charge in [0.25, 0.3) is 0 Å². The van der Waals surface area contributed by atoms with Crippen LogP contribution in [0.5, 0.6) is 0 Å². The summed E-state index contributed by atoms with van der Waals surface area (Å²) in [6.45, 7) is 2.48. The molecule has 2 heterocycles. The van der Waals surface area contributed by atoms with E-state index in [0.29, 0.717) is 6.54 Å². The van der Waals surface area contributed by atoms with E-state index in [9.17, 15) is 0 Å². The molecule has 0 bridgehead atoms. The van der Waals surface area contributed by atoms with Gasteiger partial charge in [-0.05, 0) is 30.7 Å². The number of fused-ring (bicyclic) bond motifs is 1. The molecule has 4 nitrogen and oxygen atoms in total. The smallest absolute Gasteiger partial charge is 0.144 e. The quantitative estimate of drug-likeness (QED) is 0.750. The topological polar surface area (TPSA) is 57.0 Å². The lowest BCUT2D eigenvalue weighted by atomic mass is 10.2. The molecule has 1 aromatic carbocycles. The van der Waals surface area contributed by atoms with Crippen molar-refractivity contribution in [1.82, 2.24) is 9.55 Å². The second-order valence-corrected chi connectivity index (χ2v) is 4.41. The van der Waals surface area contributed by atoms with Crippen LogP contribution in [0.3, 0.4) is 0 Å². The summed E-state index contributed by atoms with van der Waals surface area (Å²) in [5, 5.41) is 0. The van der Waals surface area contributed by atoms with E-state index in [-0.39, 0.29) is 0 Å². The van der Waals surface area contributed by atoms with E-state index < -0.39 is 0 Å². The van der Waals surface area contributed by atoms with Crippen LogP contribution >= 0.6 is 0 Å². The lowest BCUT2D eigenvalue weighted by Crippen LogP contribution is -1.95. The average molecular weight is 241 g/mol. The van der Waals surface area contributed by atoms with Gasteiger partial charge >= 0.3 is 0 Å². The van der Waals surface area contributed by atoms with Gasteiger partial charge in [-0.2, -0.15) is 0 Å². The first-order chi connectivity index (χ1) is 8.70. The lowest BCUT2D eigenvalue weighted by Gasteiger charge is -2.00. The maximum absolute atomic E-state index is 5.65. The van der Waals surface area contributed by atoms with E-state index in [0.717, 1.165) is 33.7 Å². The minimum absolute atomic E-state index is 0.534. The molecule has 4 heteroatoms. The van der Waals surface area contributed by atoms with Crippen LogP contribution in [-0.2, 0) is 13.6 Å². The number of benzene rings is 1. The van der Waals surface area contributed by atoms with Crippen LogP contribution in [-0.4, -0.2) is 9.55 Å². The molecule has 0 saturated carbocycles. The zero-order chi connectivity index (χ0) is 12.7. The average Bonchev–Trinajstić information content (AvgIpc) is 2.93. The Morgan fingerprint density at radius 2 is 2.17 bits per heavy atom. The van der Waals surface area contributed by atoms with Gasteiger partial charge in [-0.25, -0.2) is 4.98 Å². The van der Waals surface area contributed by atoms with Crippen LogP contribution in [0.25, 0.3) is 22.4 Å². The van der Waals surface area contributed by atoms with Gasteiger partial charge in [0.2, 0.25) is 0 Å². The van der Waals surface area contributed by atoms with E-state index in [2.05, 4.69) is 15.6 Å². The van der Waals surface area contributed by atoms with Crippen molar-refractivity contribution in [3.05, 3.63) is 41.9 Å². The summed E-state index contributed by atoms with van der Waals surface area (Å²) in [6, 6.07) is 8.08. The number of hydrogen-bond donors (Lipinski definition) is 1. The Hall–Kier alpha value is -2.07. The summed E-state index contributed by atoms with van der Waals surface area (Å²) in [5.74, 6) is 1.80. The number of nitrogens with two attached hydrogens (primary N) is 1. The van der Waals surface area contributed by atoms with E-state index in [4.69, 9.17) is 10.2 Å². The molecule has 0 amide bonds. The van der Waals surface area contributed by atoms with Crippen molar-refractivity contribution in [3.8, 4) is 11.4 Å². The van der Waals surface area contributed by atoms with Crippen LogP contribution in [0.2, 0.25) is 0 Å². The summed E-state index contributed by atoms with van der Waals surface area (Å²) in [6.07, 6.45) is 1.69. The highest BCUT2D eigenvalue weighted by Gasteiger charge is 2.13. The fraction of sp³-hybridized carbons (Fsp3) is 0.214. The van der Waals surface area contributed by atoms with Crippen molar-refractivity contribution in [2.75, 3.05) is 0 Å². The Morgan fingerprint density at radius 1 is 1.33 bits per heavy atom. The zero-order valence-corrected chi connectivity index (χ0v) is 10.5. The van der Waals surface area contributed by atoms with Gasteiger partial charge in [0.1, 0.15) is 11.6 Å². The molecule has 18 heavy (non-hydrogen) atoms. The number of nitrogens with zero attached hydrogens (tertiary/aromatic N) is 2. The highest BCUT2D eigenvalue weighted by Crippen LogP contribution is 2.27. The Balaban J connectivity index is 2.25. The number of aromatic nitrogens is 2. The van der Waals surface area contributed by atoms with Crippen molar-refractivity contribution >= 4 is 11.0 Å². The minimum Gasteiger partial charge on any atom is -0.469 e. The third-order valence-corrected chi connectivity index (χ3v) is 3.28. The largest absolute Gasteiger partial charge is 0.469 e. The van der Waals surface area contributed by atoms with Gasteiger partial charge in [0.15, 0.2) is 0 Å². The Kier molecular flexibility index (Phi) is 2.45. The standard InChI is InChI=1S/C14H15N3O/c1-9-11(5-6-18-9)14-16-12-7-10(8-15)3-4-13(12)17(14)2/h3-7H,8,15H2,1-2H3. The molecule has 2 aromatic heterocycles. The predicted molar refractivity (Wildman–Crippen MR) is 71.0 cm³/mol. The maximum atomic E-state index is 5.65. The number of imidazole rings is 1. The van der Waals surface area contributed by atoms with Crippen molar-refractivity contribution in [3.63, 3.8) is 0 Å². The van der Waals surface area contributed by atoms with Crippen molar-refractivity contribution in [2.24, 2.45) is 12.8 Å². The molecule has 0 fully saturated rings. The van der Waals surface area contributed by atoms with Gasteiger partial charge < -0.3 is 14.7 Å². The molecule has 0 radical (unpaired) electrons. The van der Waals surface area contributed by atoms with Gasteiger partial charge in [0.05, 0.1) is 22.9 Å². The molecule has 0 atom stereocenters. The molecule has 3 aromatic rings. The molecule has 0 saturated heterocycles. The minimum atomic E-state index is 0.534. The highest BCUT2D eigenvalue weighted by molar-refractivity contribution is 5.81. The van der Waals surface area contributed by atoms with Gasteiger partial charge in [-0.15, -0.1) is 0 Å². The molecule has 2 N–H and O–H groups in total. The monoisotopic (exact) mass is 241 g/mol. The Bertz CT molecular complexity index is 709. The summed E-state index contributed by atoms with van der Waals surface area (Å²) in [4.78, 5) is 4.67.